The molecule has 2 aromatic rings. The molecule has 2 aromatic carbocycles. The number of carbonyl (C=O) groups is 1. The van der Waals surface area contributed by atoms with Crippen LogP contribution in [-0.2, 0) is 4.79 Å². The highest BCUT2D eigenvalue weighted by Gasteiger charge is 2.18. The molecule has 23 heavy (non-hydrogen) atoms. The molecule has 0 heterocycles. The molecule has 2 rings (SSSR count). The van der Waals surface area contributed by atoms with E-state index in [1.54, 1.807) is 57.5 Å². The Kier molecular flexibility index (Phi) is 5.71. The summed E-state index contributed by atoms with van der Waals surface area (Å²) in [5.41, 5.74) is 0.464. The van der Waals surface area contributed by atoms with Crippen LogP contribution >= 0.6 is 11.6 Å². The van der Waals surface area contributed by atoms with Crippen molar-refractivity contribution >= 4 is 23.2 Å². The third-order valence-corrected chi connectivity index (χ3v) is 3.50. The van der Waals surface area contributed by atoms with Crippen LogP contribution in [0.1, 0.15) is 6.92 Å². The van der Waals surface area contributed by atoms with Gasteiger partial charge in [-0.3, -0.25) is 4.79 Å². The minimum atomic E-state index is -0.728. The Morgan fingerprint density at radius 2 is 1.78 bits per heavy atom. The smallest absolute Gasteiger partial charge is 0.265 e. The number of anilines is 1. The summed E-state index contributed by atoms with van der Waals surface area (Å²) >= 11 is 6.08. The number of amides is 1. The molecule has 1 amide bonds. The van der Waals surface area contributed by atoms with Crippen molar-refractivity contribution in [2.45, 2.75) is 13.0 Å². The fourth-order valence-electron chi connectivity index (χ4n) is 1.92. The summed E-state index contributed by atoms with van der Waals surface area (Å²) in [6.45, 7) is 1.65. The Hall–Kier alpha value is -2.40. The lowest BCUT2D eigenvalue weighted by Crippen LogP contribution is -2.30. The molecule has 0 bridgehead atoms. The standard InChI is InChI=1S/C17H18ClNO4/c1-11(23-16-7-5-4-6-15(16)22-3)17(20)19-14-10-12(21-2)8-9-13(14)18/h4-11H,1-3H3,(H,19,20). The molecule has 1 unspecified atom stereocenters. The normalized spacial score (nSPS) is 11.5. The van der Waals surface area contributed by atoms with Gasteiger partial charge in [-0.1, -0.05) is 23.7 Å². The van der Waals surface area contributed by atoms with E-state index >= 15 is 0 Å². The average molecular weight is 336 g/mol. The van der Waals surface area contributed by atoms with Gasteiger partial charge < -0.3 is 19.5 Å². The van der Waals surface area contributed by atoms with Crippen molar-refractivity contribution in [2.24, 2.45) is 0 Å². The summed E-state index contributed by atoms with van der Waals surface area (Å²) in [7, 11) is 3.09. The van der Waals surface area contributed by atoms with Gasteiger partial charge in [-0.15, -0.1) is 0 Å². The molecule has 6 heteroatoms. The monoisotopic (exact) mass is 335 g/mol. The van der Waals surface area contributed by atoms with Gasteiger partial charge in [-0.05, 0) is 31.2 Å². The van der Waals surface area contributed by atoms with Crippen molar-refractivity contribution in [2.75, 3.05) is 19.5 Å². The van der Waals surface area contributed by atoms with E-state index in [4.69, 9.17) is 25.8 Å². The molecule has 0 saturated heterocycles. The minimum Gasteiger partial charge on any atom is -0.497 e. The van der Waals surface area contributed by atoms with Crippen LogP contribution < -0.4 is 19.5 Å². The Bertz CT molecular complexity index is 690. The van der Waals surface area contributed by atoms with Crippen LogP contribution in [0.2, 0.25) is 5.02 Å². The molecule has 0 radical (unpaired) electrons. The highest BCUT2D eigenvalue weighted by molar-refractivity contribution is 6.33. The second-order valence-electron chi connectivity index (χ2n) is 4.75. The summed E-state index contributed by atoms with van der Waals surface area (Å²) in [6, 6.07) is 12.2. The number of rotatable bonds is 6. The fraction of sp³-hybridized carbons (Fsp3) is 0.235. The van der Waals surface area contributed by atoms with Crippen molar-refractivity contribution < 1.29 is 19.0 Å². The number of hydrogen-bond donors (Lipinski definition) is 1. The maximum atomic E-state index is 12.3. The maximum Gasteiger partial charge on any atom is 0.265 e. The zero-order valence-corrected chi connectivity index (χ0v) is 13.9. The van der Waals surface area contributed by atoms with E-state index in [2.05, 4.69) is 5.32 Å². The molecule has 0 aliphatic heterocycles. The van der Waals surface area contributed by atoms with Gasteiger partial charge in [0.2, 0.25) is 0 Å². The first kappa shape index (κ1) is 17.0. The van der Waals surface area contributed by atoms with Crippen molar-refractivity contribution in [1.29, 1.82) is 0 Å². The first-order valence-electron chi connectivity index (χ1n) is 6.99. The van der Waals surface area contributed by atoms with E-state index in [-0.39, 0.29) is 5.91 Å². The van der Waals surface area contributed by atoms with Crippen LogP contribution in [0.4, 0.5) is 5.69 Å². The first-order valence-corrected chi connectivity index (χ1v) is 7.37. The number of para-hydroxylation sites is 2. The van der Waals surface area contributed by atoms with Gasteiger partial charge in [0.1, 0.15) is 5.75 Å². The molecule has 0 aliphatic carbocycles. The molecular weight excluding hydrogens is 318 g/mol. The molecule has 122 valence electrons. The summed E-state index contributed by atoms with van der Waals surface area (Å²) in [5, 5.41) is 3.15. The summed E-state index contributed by atoms with van der Waals surface area (Å²) < 4.78 is 16.0. The topological polar surface area (TPSA) is 56.8 Å². The summed E-state index contributed by atoms with van der Waals surface area (Å²) in [5.74, 6) is 1.33. The first-order chi connectivity index (χ1) is 11.0. The Balaban J connectivity index is 2.08. The van der Waals surface area contributed by atoms with E-state index < -0.39 is 6.10 Å². The number of carbonyl (C=O) groups excluding carboxylic acids is 1. The van der Waals surface area contributed by atoms with Crippen molar-refractivity contribution in [1.82, 2.24) is 0 Å². The molecule has 0 aromatic heterocycles. The van der Waals surface area contributed by atoms with Gasteiger partial charge in [0.05, 0.1) is 24.9 Å². The van der Waals surface area contributed by atoms with Gasteiger partial charge >= 0.3 is 0 Å². The van der Waals surface area contributed by atoms with E-state index in [1.165, 1.54) is 0 Å². The van der Waals surface area contributed by atoms with E-state index in [9.17, 15) is 4.79 Å². The van der Waals surface area contributed by atoms with E-state index in [1.807, 2.05) is 6.07 Å². The zero-order chi connectivity index (χ0) is 16.8. The zero-order valence-electron chi connectivity index (χ0n) is 13.1. The number of methoxy groups -OCH3 is 2. The molecule has 0 aliphatic rings. The van der Waals surface area contributed by atoms with Gasteiger partial charge in [0, 0.05) is 6.07 Å². The van der Waals surface area contributed by atoms with Gasteiger partial charge in [0.25, 0.3) is 5.91 Å². The lowest BCUT2D eigenvalue weighted by molar-refractivity contribution is -0.122. The maximum absolute atomic E-state index is 12.3. The van der Waals surface area contributed by atoms with Crippen molar-refractivity contribution in [3.05, 3.63) is 47.5 Å². The Morgan fingerprint density at radius 3 is 2.43 bits per heavy atom. The lowest BCUT2D eigenvalue weighted by atomic mass is 10.2. The average Bonchev–Trinajstić information content (AvgIpc) is 2.57. The Morgan fingerprint density at radius 1 is 1.09 bits per heavy atom. The predicted molar refractivity (Wildman–Crippen MR) is 89.7 cm³/mol. The van der Waals surface area contributed by atoms with Gasteiger partial charge in [-0.25, -0.2) is 0 Å². The van der Waals surface area contributed by atoms with Crippen LogP contribution in [0, 0.1) is 0 Å². The largest absolute Gasteiger partial charge is 0.497 e. The number of halogens is 1. The molecule has 0 fully saturated rings. The summed E-state index contributed by atoms with van der Waals surface area (Å²) in [4.78, 5) is 12.3. The van der Waals surface area contributed by atoms with Crippen LogP contribution in [0.3, 0.4) is 0 Å². The molecule has 0 spiro atoms. The second-order valence-corrected chi connectivity index (χ2v) is 5.15. The van der Waals surface area contributed by atoms with Crippen LogP contribution in [0.25, 0.3) is 0 Å². The third kappa shape index (κ3) is 4.29. The van der Waals surface area contributed by atoms with Crippen LogP contribution in [0.15, 0.2) is 42.5 Å². The van der Waals surface area contributed by atoms with Gasteiger partial charge in [-0.2, -0.15) is 0 Å². The summed E-state index contributed by atoms with van der Waals surface area (Å²) in [6.07, 6.45) is -0.728. The number of hydrogen-bond acceptors (Lipinski definition) is 4. The second kappa shape index (κ2) is 7.74. The molecule has 1 atom stereocenters. The SMILES string of the molecule is COc1ccc(Cl)c(NC(=O)C(C)Oc2ccccc2OC)c1. The fourth-order valence-corrected chi connectivity index (χ4v) is 2.09. The highest BCUT2D eigenvalue weighted by atomic mass is 35.5. The lowest BCUT2D eigenvalue weighted by Gasteiger charge is -2.17. The number of nitrogens with one attached hydrogen (secondary N) is 1. The Labute approximate surface area is 140 Å². The van der Waals surface area contributed by atoms with Crippen molar-refractivity contribution in [3.8, 4) is 17.2 Å². The van der Waals surface area contributed by atoms with Crippen molar-refractivity contribution in [3.63, 3.8) is 0 Å². The third-order valence-electron chi connectivity index (χ3n) is 3.17. The van der Waals surface area contributed by atoms with Crippen LogP contribution in [-0.4, -0.2) is 26.2 Å². The van der Waals surface area contributed by atoms with Crippen LogP contribution in [0.5, 0.6) is 17.2 Å². The van der Waals surface area contributed by atoms with Gasteiger partial charge in [0.15, 0.2) is 17.6 Å². The minimum absolute atomic E-state index is 0.328. The predicted octanol–water partition coefficient (Wildman–Crippen LogP) is 3.76. The quantitative estimate of drug-likeness (QED) is 0.873. The number of benzene rings is 2. The van der Waals surface area contributed by atoms with E-state index in [0.29, 0.717) is 28.0 Å². The molecule has 5 nitrogen and oxygen atoms in total. The molecule has 0 saturated carbocycles. The molecular formula is C17H18ClNO4. The molecule has 1 N–H and O–H groups in total. The highest BCUT2D eigenvalue weighted by Crippen LogP contribution is 2.29. The number of ether oxygens (including phenoxy) is 3. The van der Waals surface area contributed by atoms with E-state index in [0.717, 1.165) is 0 Å².